The molecule has 1 aromatic carbocycles. The maximum absolute atomic E-state index is 12.7. The Labute approximate surface area is 123 Å². The lowest BCUT2D eigenvalue weighted by Crippen LogP contribution is -2.53. The first-order valence-corrected chi connectivity index (χ1v) is 7.62. The number of likely N-dealkylation sites (N-methyl/N-ethyl adjacent to an activating group) is 1. The summed E-state index contributed by atoms with van der Waals surface area (Å²) in [5.41, 5.74) is 0.804. The van der Waals surface area contributed by atoms with E-state index in [0.717, 1.165) is 35.8 Å². The monoisotopic (exact) mass is 324 g/mol. The Bertz CT molecular complexity index is 455. The van der Waals surface area contributed by atoms with Crippen LogP contribution in [0.1, 0.15) is 31.7 Å². The lowest BCUT2D eigenvalue weighted by atomic mass is 9.92. The Morgan fingerprint density at radius 3 is 2.79 bits per heavy atom. The van der Waals surface area contributed by atoms with Gasteiger partial charge in [0.25, 0.3) is 0 Å². The molecule has 1 aromatic rings. The molecule has 1 atom stereocenters. The topological polar surface area (TPSA) is 32.3 Å². The summed E-state index contributed by atoms with van der Waals surface area (Å²) in [4.78, 5) is 14.5. The lowest BCUT2D eigenvalue weighted by Gasteiger charge is -2.32. The van der Waals surface area contributed by atoms with Gasteiger partial charge in [-0.15, -0.1) is 0 Å². The summed E-state index contributed by atoms with van der Waals surface area (Å²) in [5, 5.41) is 3.40. The van der Waals surface area contributed by atoms with Crippen LogP contribution in [0.25, 0.3) is 0 Å². The van der Waals surface area contributed by atoms with Crippen molar-refractivity contribution in [1.29, 1.82) is 0 Å². The van der Waals surface area contributed by atoms with Gasteiger partial charge in [-0.3, -0.25) is 4.79 Å². The fraction of sp³-hybridized carbons (Fsp3) is 0.533. The second-order valence-corrected chi connectivity index (χ2v) is 6.07. The smallest absolute Gasteiger partial charge is 0.242 e. The third kappa shape index (κ3) is 3.00. The van der Waals surface area contributed by atoms with Gasteiger partial charge in [0.05, 0.1) is 5.54 Å². The van der Waals surface area contributed by atoms with Crippen molar-refractivity contribution >= 4 is 21.8 Å². The molecule has 0 radical (unpaired) electrons. The van der Waals surface area contributed by atoms with Crippen LogP contribution in [-0.4, -0.2) is 29.9 Å². The average molecular weight is 325 g/mol. The summed E-state index contributed by atoms with van der Waals surface area (Å²) in [5.74, 6) is 0.211. The maximum atomic E-state index is 12.7. The molecule has 0 saturated carbocycles. The third-order valence-corrected chi connectivity index (χ3v) is 4.74. The number of carbonyl (C=O) groups is 1. The van der Waals surface area contributed by atoms with E-state index in [0.29, 0.717) is 6.54 Å². The number of hydrogen-bond acceptors (Lipinski definition) is 2. The number of halogens is 1. The Hall–Kier alpha value is -0.870. The van der Waals surface area contributed by atoms with Crippen molar-refractivity contribution in [3.63, 3.8) is 0 Å². The van der Waals surface area contributed by atoms with Crippen molar-refractivity contribution in [1.82, 2.24) is 10.2 Å². The van der Waals surface area contributed by atoms with Crippen LogP contribution in [0.2, 0.25) is 0 Å². The Balaban J connectivity index is 2.09. The van der Waals surface area contributed by atoms with E-state index >= 15 is 0 Å². The molecule has 0 aliphatic carbocycles. The van der Waals surface area contributed by atoms with Gasteiger partial charge in [-0.25, -0.2) is 0 Å². The van der Waals surface area contributed by atoms with E-state index in [1.54, 1.807) is 0 Å². The van der Waals surface area contributed by atoms with Crippen LogP contribution in [0.15, 0.2) is 28.7 Å². The van der Waals surface area contributed by atoms with Crippen LogP contribution in [0.4, 0.5) is 0 Å². The molecule has 0 spiro atoms. The van der Waals surface area contributed by atoms with E-state index in [2.05, 4.69) is 34.2 Å². The SMILES string of the molecule is CCC1(C(=O)N(C)Cc2ccccc2Br)CCCN1. The standard InChI is InChI=1S/C15H21BrN2O/c1-3-15(9-6-10-17-15)14(19)18(2)11-12-7-4-5-8-13(12)16/h4-5,7-8,17H,3,6,9-11H2,1-2H3. The van der Waals surface area contributed by atoms with E-state index in [9.17, 15) is 4.79 Å². The summed E-state index contributed by atoms with van der Waals surface area (Å²) in [7, 11) is 1.89. The van der Waals surface area contributed by atoms with E-state index in [-0.39, 0.29) is 11.4 Å². The first-order valence-electron chi connectivity index (χ1n) is 6.83. The van der Waals surface area contributed by atoms with Crippen LogP contribution >= 0.6 is 15.9 Å². The molecule has 0 bridgehead atoms. The first-order chi connectivity index (χ1) is 9.09. The van der Waals surface area contributed by atoms with Gasteiger partial charge >= 0.3 is 0 Å². The minimum atomic E-state index is -0.337. The molecule has 1 unspecified atom stereocenters. The van der Waals surface area contributed by atoms with Crippen LogP contribution in [0, 0.1) is 0 Å². The average Bonchev–Trinajstić information content (AvgIpc) is 2.90. The summed E-state index contributed by atoms with van der Waals surface area (Å²) < 4.78 is 1.06. The highest BCUT2D eigenvalue weighted by Gasteiger charge is 2.40. The normalized spacial score (nSPS) is 22.5. The number of nitrogens with zero attached hydrogens (tertiary/aromatic N) is 1. The van der Waals surface area contributed by atoms with E-state index in [1.807, 2.05) is 30.1 Å². The molecule has 19 heavy (non-hydrogen) atoms. The van der Waals surface area contributed by atoms with Crippen molar-refractivity contribution in [3.8, 4) is 0 Å². The molecule has 0 aromatic heterocycles. The van der Waals surface area contributed by atoms with Crippen LogP contribution in [-0.2, 0) is 11.3 Å². The molecule has 1 heterocycles. The van der Waals surface area contributed by atoms with Gasteiger partial charge in [-0.1, -0.05) is 41.1 Å². The third-order valence-electron chi connectivity index (χ3n) is 3.97. The minimum absolute atomic E-state index is 0.211. The highest BCUT2D eigenvalue weighted by molar-refractivity contribution is 9.10. The zero-order valence-electron chi connectivity index (χ0n) is 11.6. The van der Waals surface area contributed by atoms with E-state index in [1.165, 1.54) is 0 Å². The summed E-state index contributed by atoms with van der Waals surface area (Å²) in [6, 6.07) is 8.05. The van der Waals surface area contributed by atoms with Crippen molar-refractivity contribution in [3.05, 3.63) is 34.3 Å². The van der Waals surface area contributed by atoms with E-state index in [4.69, 9.17) is 0 Å². The zero-order chi connectivity index (χ0) is 13.9. The molecular weight excluding hydrogens is 304 g/mol. The fourth-order valence-electron chi connectivity index (χ4n) is 2.76. The maximum Gasteiger partial charge on any atom is 0.242 e. The summed E-state index contributed by atoms with van der Waals surface area (Å²) in [6.45, 7) is 3.68. The second kappa shape index (κ2) is 6.06. The van der Waals surface area contributed by atoms with E-state index < -0.39 is 0 Å². The highest BCUT2D eigenvalue weighted by atomic mass is 79.9. The predicted octanol–water partition coefficient (Wildman–Crippen LogP) is 2.94. The zero-order valence-corrected chi connectivity index (χ0v) is 13.2. The molecule has 2 rings (SSSR count). The van der Waals surface area contributed by atoms with Crippen LogP contribution < -0.4 is 5.32 Å². The molecule has 104 valence electrons. The summed E-state index contributed by atoms with van der Waals surface area (Å²) >= 11 is 3.53. The number of carbonyl (C=O) groups excluding carboxylic acids is 1. The molecule has 1 N–H and O–H groups in total. The molecule has 1 amide bonds. The largest absolute Gasteiger partial charge is 0.340 e. The number of hydrogen-bond donors (Lipinski definition) is 1. The van der Waals surface area contributed by atoms with Crippen LogP contribution in [0.3, 0.4) is 0 Å². The molecule has 1 aliphatic rings. The van der Waals surface area contributed by atoms with Crippen molar-refractivity contribution < 1.29 is 4.79 Å². The van der Waals surface area contributed by atoms with Crippen molar-refractivity contribution in [2.24, 2.45) is 0 Å². The quantitative estimate of drug-likeness (QED) is 0.923. The number of amides is 1. The molecular formula is C15H21BrN2O. The number of nitrogens with one attached hydrogen (secondary N) is 1. The van der Waals surface area contributed by atoms with Crippen molar-refractivity contribution in [2.45, 2.75) is 38.3 Å². The van der Waals surface area contributed by atoms with Gasteiger partial charge in [0.1, 0.15) is 0 Å². The Morgan fingerprint density at radius 2 is 2.21 bits per heavy atom. The fourth-order valence-corrected chi connectivity index (χ4v) is 3.17. The van der Waals surface area contributed by atoms with Gasteiger partial charge < -0.3 is 10.2 Å². The second-order valence-electron chi connectivity index (χ2n) is 5.22. The molecule has 1 saturated heterocycles. The van der Waals surface area contributed by atoms with Crippen LogP contribution in [0.5, 0.6) is 0 Å². The van der Waals surface area contributed by atoms with Gasteiger partial charge in [-0.05, 0) is 37.4 Å². The number of benzene rings is 1. The Morgan fingerprint density at radius 1 is 1.47 bits per heavy atom. The Kier molecular flexibility index (Phi) is 4.63. The summed E-state index contributed by atoms with van der Waals surface area (Å²) in [6.07, 6.45) is 2.89. The van der Waals surface area contributed by atoms with Gasteiger partial charge in [0, 0.05) is 18.1 Å². The van der Waals surface area contributed by atoms with Crippen molar-refractivity contribution in [2.75, 3.05) is 13.6 Å². The lowest BCUT2D eigenvalue weighted by molar-refractivity contribution is -0.137. The first kappa shape index (κ1) is 14.5. The van der Waals surface area contributed by atoms with Gasteiger partial charge in [0.15, 0.2) is 0 Å². The minimum Gasteiger partial charge on any atom is -0.340 e. The highest BCUT2D eigenvalue weighted by Crippen LogP contribution is 2.26. The van der Waals surface area contributed by atoms with Gasteiger partial charge in [-0.2, -0.15) is 0 Å². The number of rotatable bonds is 4. The molecule has 1 fully saturated rings. The van der Waals surface area contributed by atoms with Gasteiger partial charge in [0.2, 0.25) is 5.91 Å². The predicted molar refractivity (Wildman–Crippen MR) is 80.9 cm³/mol. The molecule has 1 aliphatic heterocycles. The molecule has 3 nitrogen and oxygen atoms in total. The molecule has 4 heteroatoms.